The van der Waals surface area contributed by atoms with Crippen molar-refractivity contribution in [1.82, 2.24) is 0 Å². The third-order valence-electron chi connectivity index (χ3n) is 4.17. The van der Waals surface area contributed by atoms with Gasteiger partial charge in [0.25, 0.3) is 0 Å². The molecular weight excluding hydrogens is 290 g/mol. The van der Waals surface area contributed by atoms with Crippen molar-refractivity contribution in [3.63, 3.8) is 0 Å². The molecule has 0 spiro atoms. The molecule has 0 fully saturated rings. The Balaban J connectivity index is 2.53. The molecule has 1 unspecified atom stereocenters. The Morgan fingerprint density at radius 1 is 1.04 bits per heavy atom. The van der Waals surface area contributed by atoms with E-state index in [0.29, 0.717) is 12.2 Å². The van der Waals surface area contributed by atoms with Crippen LogP contribution in [0.25, 0.3) is 0 Å². The molecule has 2 aromatic rings. The van der Waals surface area contributed by atoms with Crippen LogP contribution < -0.4 is 9.47 Å². The van der Waals surface area contributed by atoms with E-state index in [9.17, 15) is 10.4 Å². The van der Waals surface area contributed by atoms with Crippen LogP contribution in [0.3, 0.4) is 0 Å². The van der Waals surface area contributed by atoms with Gasteiger partial charge in [-0.3, -0.25) is 0 Å². The SMILES string of the molecule is COc1ccc(C(CC#N)c2cc(C)c(C)c(OC)c2)cc1O. The average Bonchev–Trinajstić information content (AvgIpc) is 2.55. The van der Waals surface area contributed by atoms with Gasteiger partial charge in [0, 0.05) is 12.3 Å². The van der Waals surface area contributed by atoms with Gasteiger partial charge in [0.15, 0.2) is 11.5 Å². The number of aromatic hydroxyl groups is 1. The number of aryl methyl sites for hydroxylation is 1. The van der Waals surface area contributed by atoms with Crippen LogP contribution in [0.5, 0.6) is 17.2 Å². The maximum atomic E-state index is 10.0. The van der Waals surface area contributed by atoms with E-state index in [1.165, 1.54) is 7.11 Å². The van der Waals surface area contributed by atoms with Gasteiger partial charge in [-0.05, 0) is 54.3 Å². The van der Waals surface area contributed by atoms with E-state index in [0.717, 1.165) is 28.0 Å². The second-order valence-electron chi connectivity index (χ2n) is 5.51. The maximum absolute atomic E-state index is 10.0. The van der Waals surface area contributed by atoms with Gasteiger partial charge in [-0.15, -0.1) is 0 Å². The summed E-state index contributed by atoms with van der Waals surface area (Å²) in [6, 6.07) is 11.5. The molecule has 120 valence electrons. The van der Waals surface area contributed by atoms with Gasteiger partial charge >= 0.3 is 0 Å². The quantitative estimate of drug-likeness (QED) is 0.904. The fourth-order valence-electron chi connectivity index (χ4n) is 2.71. The molecule has 0 aliphatic heterocycles. The minimum absolute atomic E-state index is 0.0729. The smallest absolute Gasteiger partial charge is 0.160 e. The Morgan fingerprint density at radius 2 is 1.74 bits per heavy atom. The average molecular weight is 311 g/mol. The molecule has 0 saturated heterocycles. The van der Waals surface area contributed by atoms with Crippen LogP contribution in [0.15, 0.2) is 30.3 Å². The summed E-state index contributed by atoms with van der Waals surface area (Å²) in [5.41, 5.74) is 4.07. The van der Waals surface area contributed by atoms with E-state index in [2.05, 4.69) is 12.1 Å². The zero-order valence-corrected chi connectivity index (χ0v) is 13.9. The summed E-state index contributed by atoms with van der Waals surface area (Å²) in [5, 5.41) is 19.2. The van der Waals surface area contributed by atoms with Gasteiger partial charge in [0.2, 0.25) is 0 Å². The number of phenolic OH excluding ortho intramolecular Hbond substituents is 1. The largest absolute Gasteiger partial charge is 0.504 e. The summed E-state index contributed by atoms with van der Waals surface area (Å²) in [6.45, 7) is 4.03. The summed E-state index contributed by atoms with van der Waals surface area (Å²) in [5.74, 6) is 1.16. The number of hydrogen-bond acceptors (Lipinski definition) is 4. The summed E-state index contributed by atoms with van der Waals surface area (Å²) in [4.78, 5) is 0. The predicted octanol–water partition coefficient (Wildman–Crippen LogP) is 4.07. The zero-order chi connectivity index (χ0) is 17.0. The minimum atomic E-state index is -0.134. The van der Waals surface area contributed by atoms with Crippen molar-refractivity contribution < 1.29 is 14.6 Å². The van der Waals surface area contributed by atoms with E-state index < -0.39 is 0 Å². The van der Waals surface area contributed by atoms with Crippen molar-refractivity contribution in [3.05, 3.63) is 52.6 Å². The van der Waals surface area contributed by atoms with Gasteiger partial charge in [0.05, 0.1) is 20.3 Å². The summed E-state index contributed by atoms with van der Waals surface area (Å²) < 4.78 is 10.5. The first-order chi connectivity index (χ1) is 11.0. The molecule has 0 bridgehead atoms. The van der Waals surface area contributed by atoms with Gasteiger partial charge < -0.3 is 14.6 Å². The lowest BCUT2D eigenvalue weighted by Crippen LogP contribution is -2.03. The third-order valence-corrected chi connectivity index (χ3v) is 4.17. The molecule has 1 N–H and O–H groups in total. The van der Waals surface area contributed by atoms with E-state index in [4.69, 9.17) is 9.47 Å². The highest BCUT2D eigenvalue weighted by atomic mass is 16.5. The molecule has 0 aliphatic carbocycles. The Kier molecular flexibility index (Phi) is 5.13. The highest BCUT2D eigenvalue weighted by Crippen LogP contribution is 2.36. The Bertz CT molecular complexity index is 747. The number of benzene rings is 2. The predicted molar refractivity (Wildman–Crippen MR) is 89.2 cm³/mol. The highest BCUT2D eigenvalue weighted by Gasteiger charge is 2.18. The van der Waals surface area contributed by atoms with Gasteiger partial charge in [-0.1, -0.05) is 12.1 Å². The van der Waals surface area contributed by atoms with E-state index in [1.54, 1.807) is 19.2 Å². The van der Waals surface area contributed by atoms with Crippen LogP contribution in [0.1, 0.15) is 34.6 Å². The van der Waals surface area contributed by atoms with E-state index in [-0.39, 0.29) is 11.7 Å². The lowest BCUT2D eigenvalue weighted by molar-refractivity contribution is 0.373. The molecule has 0 radical (unpaired) electrons. The fourth-order valence-corrected chi connectivity index (χ4v) is 2.71. The van der Waals surface area contributed by atoms with Gasteiger partial charge in [-0.25, -0.2) is 0 Å². The molecule has 4 heteroatoms. The number of nitriles is 1. The molecule has 0 saturated carbocycles. The number of phenols is 1. The molecule has 2 aromatic carbocycles. The summed E-state index contributed by atoms with van der Waals surface area (Å²) in [7, 11) is 3.15. The Hall–Kier alpha value is -2.67. The van der Waals surface area contributed by atoms with E-state index in [1.807, 2.05) is 26.0 Å². The molecular formula is C19H21NO3. The Labute approximate surface area is 136 Å². The second kappa shape index (κ2) is 7.06. The zero-order valence-electron chi connectivity index (χ0n) is 13.9. The lowest BCUT2D eigenvalue weighted by atomic mass is 9.87. The van der Waals surface area contributed by atoms with Crippen LogP contribution in [-0.4, -0.2) is 19.3 Å². The van der Waals surface area contributed by atoms with Crippen molar-refractivity contribution >= 4 is 0 Å². The van der Waals surface area contributed by atoms with Crippen LogP contribution in [0.4, 0.5) is 0 Å². The van der Waals surface area contributed by atoms with Crippen LogP contribution in [0.2, 0.25) is 0 Å². The first-order valence-corrected chi connectivity index (χ1v) is 7.40. The monoisotopic (exact) mass is 311 g/mol. The van der Waals surface area contributed by atoms with Crippen molar-refractivity contribution in [2.75, 3.05) is 14.2 Å². The number of nitrogens with zero attached hydrogens (tertiary/aromatic N) is 1. The number of rotatable bonds is 5. The van der Waals surface area contributed by atoms with Crippen LogP contribution in [-0.2, 0) is 0 Å². The number of methoxy groups -OCH3 is 2. The van der Waals surface area contributed by atoms with Gasteiger partial charge in [0.1, 0.15) is 5.75 Å². The molecule has 23 heavy (non-hydrogen) atoms. The lowest BCUT2D eigenvalue weighted by Gasteiger charge is -2.19. The van der Waals surface area contributed by atoms with Crippen LogP contribution >= 0.6 is 0 Å². The fraction of sp³-hybridized carbons (Fsp3) is 0.316. The highest BCUT2D eigenvalue weighted by molar-refractivity contribution is 5.49. The first kappa shape index (κ1) is 16.7. The van der Waals surface area contributed by atoms with Gasteiger partial charge in [-0.2, -0.15) is 5.26 Å². The Morgan fingerprint density at radius 3 is 2.30 bits per heavy atom. The minimum Gasteiger partial charge on any atom is -0.504 e. The summed E-state index contributed by atoms with van der Waals surface area (Å²) >= 11 is 0. The van der Waals surface area contributed by atoms with Crippen molar-refractivity contribution in [2.24, 2.45) is 0 Å². The standard InChI is InChI=1S/C19H21NO3/c1-12-9-15(11-19(23-4)13(12)2)16(7-8-20)14-5-6-18(22-3)17(21)10-14/h5-6,9-11,16,21H,7H2,1-4H3. The normalized spacial score (nSPS) is 11.6. The van der Waals surface area contributed by atoms with E-state index >= 15 is 0 Å². The second-order valence-corrected chi connectivity index (χ2v) is 5.51. The first-order valence-electron chi connectivity index (χ1n) is 7.40. The maximum Gasteiger partial charge on any atom is 0.160 e. The molecule has 0 amide bonds. The third kappa shape index (κ3) is 3.40. The number of hydrogen-bond donors (Lipinski definition) is 1. The molecule has 4 nitrogen and oxygen atoms in total. The van der Waals surface area contributed by atoms with Crippen LogP contribution in [0, 0.1) is 25.2 Å². The molecule has 2 rings (SSSR count). The molecule has 0 aliphatic rings. The summed E-state index contributed by atoms with van der Waals surface area (Å²) in [6.07, 6.45) is 0.317. The molecule has 0 aromatic heterocycles. The topological polar surface area (TPSA) is 62.5 Å². The van der Waals surface area contributed by atoms with Crippen molar-refractivity contribution in [3.8, 4) is 23.3 Å². The number of ether oxygens (including phenoxy) is 2. The molecule has 0 heterocycles. The van der Waals surface area contributed by atoms with Crippen molar-refractivity contribution in [1.29, 1.82) is 5.26 Å². The molecule has 1 atom stereocenters. The van der Waals surface area contributed by atoms with Crippen molar-refractivity contribution in [2.45, 2.75) is 26.2 Å².